The number of pyridine rings is 1. The van der Waals surface area contributed by atoms with Crippen LogP contribution in [0.5, 0.6) is 0 Å². The summed E-state index contributed by atoms with van der Waals surface area (Å²) in [7, 11) is 2.94. The summed E-state index contributed by atoms with van der Waals surface area (Å²) < 4.78 is 2.26. The number of hydrogen-bond acceptors (Lipinski definition) is 5. The monoisotopic (exact) mass is 343 g/mol. The quantitative estimate of drug-likeness (QED) is 0.868. The molecule has 1 saturated heterocycles. The fourth-order valence-electron chi connectivity index (χ4n) is 3.07. The van der Waals surface area contributed by atoms with Crippen LogP contribution in [0.25, 0.3) is 0 Å². The Hall–Kier alpha value is -2.90. The molecule has 0 unspecified atom stereocenters. The Kier molecular flexibility index (Phi) is 4.69. The van der Waals surface area contributed by atoms with Crippen LogP contribution in [0.3, 0.4) is 0 Å². The number of carbonyl (C=O) groups is 1. The minimum atomic E-state index is -0.506. The molecule has 0 aromatic carbocycles. The number of anilines is 2. The number of nitrogens with one attached hydrogen (secondary N) is 1. The average Bonchev–Trinajstić information content (AvgIpc) is 2.65. The lowest BCUT2D eigenvalue weighted by molar-refractivity contribution is -0.120. The molecular formula is C17H21N5O3. The third-order valence-electron chi connectivity index (χ3n) is 4.47. The lowest BCUT2D eigenvalue weighted by Gasteiger charge is -2.32. The highest BCUT2D eigenvalue weighted by molar-refractivity contribution is 5.92. The molecule has 1 aliphatic heterocycles. The zero-order chi connectivity index (χ0) is 18.0. The van der Waals surface area contributed by atoms with Crippen LogP contribution in [0, 0.1) is 5.92 Å². The van der Waals surface area contributed by atoms with E-state index in [2.05, 4.69) is 15.2 Å². The summed E-state index contributed by atoms with van der Waals surface area (Å²) in [6.45, 7) is 1.40. The number of rotatable bonds is 3. The number of carbonyl (C=O) groups excluding carboxylic acids is 1. The molecule has 8 nitrogen and oxygen atoms in total. The molecule has 1 atom stereocenters. The van der Waals surface area contributed by atoms with Crippen molar-refractivity contribution in [3.63, 3.8) is 0 Å². The van der Waals surface area contributed by atoms with Gasteiger partial charge >= 0.3 is 5.69 Å². The van der Waals surface area contributed by atoms with E-state index in [1.165, 1.54) is 17.8 Å². The zero-order valence-electron chi connectivity index (χ0n) is 14.3. The molecule has 1 N–H and O–H groups in total. The molecule has 25 heavy (non-hydrogen) atoms. The van der Waals surface area contributed by atoms with Crippen LogP contribution in [0.1, 0.15) is 12.8 Å². The normalized spacial score (nSPS) is 17.4. The average molecular weight is 343 g/mol. The molecule has 2 aromatic heterocycles. The van der Waals surface area contributed by atoms with Crippen LogP contribution in [0.2, 0.25) is 0 Å². The van der Waals surface area contributed by atoms with Gasteiger partial charge in [-0.3, -0.25) is 14.2 Å². The molecule has 1 amide bonds. The van der Waals surface area contributed by atoms with Crippen molar-refractivity contribution in [3.05, 3.63) is 51.4 Å². The van der Waals surface area contributed by atoms with Crippen LogP contribution in [0.4, 0.5) is 11.5 Å². The number of amides is 1. The maximum absolute atomic E-state index is 12.6. The Labute approximate surface area is 144 Å². The van der Waals surface area contributed by atoms with Gasteiger partial charge in [-0.2, -0.15) is 0 Å². The second kappa shape index (κ2) is 6.92. The predicted octanol–water partition coefficient (Wildman–Crippen LogP) is 0.334. The van der Waals surface area contributed by atoms with Crippen molar-refractivity contribution < 1.29 is 4.79 Å². The van der Waals surface area contributed by atoms with Gasteiger partial charge in [-0.25, -0.2) is 9.78 Å². The van der Waals surface area contributed by atoms with Gasteiger partial charge in [0.25, 0.3) is 5.56 Å². The highest BCUT2D eigenvalue weighted by atomic mass is 16.2. The van der Waals surface area contributed by atoms with Crippen LogP contribution in [-0.4, -0.2) is 33.1 Å². The highest BCUT2D eigenvalue weighted by Gasteiger charge is 2.27. The van der Waals surface area contributed by atoms with Crippen molar-refractivity contribution >= 4 is 17.4 Å². The van der Waals surface area contributed by atoms with Gasteiger partial charge in [-0.1, -0.05) is 6.07 Å². The third kappa shape index (κ3) is 3.47. The van der Waals surface area contributed by atoms with Crippen molar-refractivity contribution in [2.24, 2.45) is 20.0 Å². The minimum Gasteiger partial charge on any atom is -0.356 e. The van der Waals surface area contributed by atoms with Gasteiger partial charge in [0.05, 0.1) is 5.92 Å². The molecule has 0 radical (unpaired) electrons. The molecule has 1 fully saturated rings. The second-order valence-electron chi connectivity index (χ2n) is 6.26. The van der Waals surface area contributed by atoms with E-state index in [1.54, 1.807) is 13.2 Å². The Bertz CT molecular complexity index is 887. The van der Waals surface area contributed by atoms with Gasteiger partial charge in [0.2, 0.25) is 5.91 Å². The Balaban J connectivity index is 1.76. The first kappa shape index (κ1) is 16.9. The van der Waals surface area contributed by atoms with Crippen LogP contribution in [0.15, 0.2) is 40.2 Å². The summed E-state index contributed by atoms with van der Waals surface area (Å²) >= 11 is 0. The summed E-state index contributed by atoms with van der Waals surface area (Å²) in [5.74, 6) is 0.395. The standard InChI is InChI=1S/C17H21N5O3/c1-20-11-13(16(24)21(2)17(20)25)19-15(23)12-6-5-9-22(10-12)14-7-3-4-8-18-14/h3-4,7-8,11-12H,5-6,9-10H2,1-2H3,(H,19,23)/t12-/m0/s1. The van der Waals surface area contributed by atoms with E-state index >= 15 is 0 Å². The van der Waals surface area contributed by atoms with E-state index in [4.69, 9.17) is 0 Å². The Morgan fingerprint density at radius 2 is 2.08 bits per heavy atom. The maximum atomic E-state index is 12.6. The van der Waals surface area contributed by atoms with Crippen molar-refractivity contribution in [1.82, 2.24) is 14.1 Å². The van der Waals surface area contributed by atoms with E-state index in [0.29, 0.717) is 6.54 Å². The molecule has 3 rings (SSSR count). The lowest BCUT2D eigenvalue weighted by Crippen LogP contribution is -2.43. The summed E-state index contributed by atoms with van der Waals surface area (Å²) in [4.78, 5) is 42.9. The first-order valence-electron chi connectivity index (χ1n) is 8.21. The van der Waals surface area contributed by atoms with E-state index in [0.717, 1.165) is 29.8 Å². The maximum Gasteiger partial charge on any atom is 0.330 e. The van der Waals surface area contributed by atoms with E-state index in [9.17, 15) is 14.4 Å². The predicted molar refractivity (Wildman–Crippen MR) is 94.7 cm³/mol. The molecule has 2 aromatic rings. The number of aromatic nitrogens is 3. The van der Waals surface area contributed by atoms with Gasteiger partial charge in [-0.15, -0.1) is 0 Å². The largest absolute Gasteiger partial charge is 0.356 e. The van der Waals surface area contributed by atoms with Crippen molar-refractivity contribution in [3.8, 4) is 0 Å². The zero-order valence-corrected chi connectivity index (χ0v) is 14.3. The van der Waals surface area contributed by atoms with Crippen LogP contribution >= 0.6 is 0 Å². The topological polar surface area (TPSA) is 89.2 Å². The summed E-state index contributed by atoms with van der Waals surface area (Å²) in [6, 6.07) is 5.69. The van der Waals surface area contributed by atoms with Gasteiger partial charge in [0.15, 0.2) is 0 Å². The van der Waals surface area contributed by atoms with Gasteiger partial charge < -0.3 is 14.8 Å². The SMILES string of the molecule is Cn1cc(NC(=O)[C@H]2CCCN(c3ccccn3)C2)c(=O)n(C)c1=O. The molecule has 132 valence electrons. The fraction of sp³-hybridized carbons (Fsp3) is 0.412. The highest BCUT2D eigenvalue weighted by Crippen LogP contribution is 2.22. The number of nitrogens with zero attached hydrogens (tertiary/aromatic N) is 4. The molecule has 0 spiro atoms. The van der Waals surface area contributed by atoms with Crippen LogP contribution in [-0.2, 0) is 18.9 Å². The summed E-state index contributed by atoms with van der Waals surface area (Å²) in [6.07, 6.45) is 4.72. The van der Waals surface area contributed by atoms with E-state index < -0.39 is 11.2 Å². The molecule has 0 saturated carbocycles. The van der Waals surface area contributed by atoms with E-state index in [1.807, 2.05) is 18.2 Å². The number of hydrogen-bond donors (Lipinski definition) is 1. The van der Waals surface area contributed by atoms with Gasteiger partial charge in [0.1, 0.15) is 11.5 Å². The van der Waals surface area contributed by atoms with E-state index in [-0.39, 0.29) is 17.5 Å². The van der Waals surface area contributed by atoms with Gasteiger partial charge in [-0.05, 0) is 25.0 Å². The summed E-state index contributed by atoms with van der Waals surface area (Å²) in [5.41, 5.74) is -0.819. The summed E-state index contributed by atoms with van der Waals surface area (Å²) in [5, 5.41) is 2.68. The molecule has 1 aliphatic rings. The number of aryl methyl sites for hydroxylation is 1. The first-order valence-corrected chi connectivity index (χ1v) is 8.21. The van der Waals surface area contributed by atoms with Crippen molar-refractivity contribution in [2.45, 2.75) is 12.8 Å². The Morgan fingerprint density at radius 3 is 2.80 bits per heavy atom. The van der Waals surface area contributed by atoms with Crippen molar-refractivity contribution in [2.75, 3.05) is 23.3 Å². The molecular weight excluding hydrogens is 322 g/mol. The number of piperidine rings is 1. The molecule has 0 aliphatic carbocycles. The smallest absolute Gasteiger partial charge is 0.330 e. The van der Waals surface area contributed by atoms with Crippen LogP contribution < -0.4 is 21.5 Å². The molecule has 3 heterocycles. The molecule has 8 heteroatoms. The molecule has 0 bridgehead atoms. The van der Waals surface area contributed by atoms with Crippen molar-refractivity contribution in [1.29, 1.82) is 0 Å². The lowest BCUT2D eigenvalue weighted by atomic mass is 9.97. The fourth-order valence-corrected chi connectivity index (χ4v) is 3.07. The second-order valence-corrected chi connectivity index (χ2v) is 6.26. The van der Waals surface area contributed by atoms with Gasteiger partial charge in [0, 0.05) is 39.6 Å². The third-order valence-corrected chi connectivity index (χ3v) is 4.47. The Morgan fingerprint density at radius 1 is 1.28 bits per heavy atom. The first-order chi connectivity index (χ1) is 12.0. The minimum absolute atomic E-state index is 0.115.